The van der Waals surface area contributed by atoms with Crippen LogP contribution in [0.15, 0.2) is 11.1 Å². The number of imidazole rings is 1. The number of hydrogen-bond donors (Lipinski definition) is 6. The number of aliphatic hydroxyl groups excluding tert-OH is 2. The van der Waals surface area contributed by atoms with E-state index in [9.17, 15) is 33.9 Å². The molecule has 3 unspecified atom stereocenters. The summed E-state index contributed by atoms with van der Waals surface area (Å²) in [5.41, 5.74) is 4.72. The molecular formula is C13H17N5O10P2. The van der Waals surface area contributed by atoms with Crippen molar-refractivity contribution in [3.8, 4) is 12.3 Å². The molecule has 3 heterocycles. The fourth-order valence-corrected chi connectivity index (χ4v) is 5.00. The first-order valence-corrected chi connectivity index (χ1v) is 11.4. The third kappa shape index (κ3) is 4.62. The molecule has 2 aromatic rings. The third-order valence-electron chi connectivity index (χ3n) is 3.99. The highest BCUT2D eigenvalue weighted by molar-refractivity contribution is 7.64. The van der Waals surface area contributed by atoms with E-state index in [1.165, 1.54) is 0 Å². The molecule has 164 valence electrons. The van der Waals surface area contributed by atoms with Crippen LogP contribution in [0.5, 0.6) is 0 Å². The highest BCUT2D eigenvalue weighted by atomic mass is 31.3. The summed E-state index contributed by atoms with van der Waals surface area (Å²) in [5, 5.41) is 20.5. The number of phosphoric ester groups is 1. The first-order valence-electron chi connectivity index (χ1n) is 8.12. The van der Waals surface area contributed by atoms with Gasteiger partial charge >= 0.3 is 15.4 Å². The molecule has 1 saturated heterocycles. The number of hydrogen-bond acceptors (Lipinski definition) is 11. The van der Waals surface area contributed by atoms with Gasteiger partial charge in [0.25, 0.3) is 5.56 Å². The molecule has 0 amide bonds. The summed E-state index contributed by atoms with van der Waals surface area (Å²) in [7, 11) is -9.63. The SMILES string of the molecule is C#CCP(=O)(O)OP(=O)(O)OC[C@H]1O[C@@H](n2cnc3c(=O)[nH]c(N)nc32)[C@@H](O)C1O. The largest absolute Gasteiger partial charge is 0.479 e. The van der Waals surface area contributed by atoms with Gasteiger partial charge in [0.05, 0.1) is 12.9 Å². The number of fused-ring (bicyclic) bond motifs is 1. The van der Waals surface area contributed by atoms with E-state index in [1.807, 2.05) is 5.92 Å². The van der Waals surface area contributed by atoms with Crippen LogP contribution in [0.1, 0.15) is 6.23 Å². The number of aromatic nitrogens is 4. The summed E-state index contributed by atoms with van der Waals surface area (Å²) in [6, 6.07) is 0. The molecule has 1 aliphatic heterocycles. The third-order valence-corrected chi connectivity index (χ3v) is 6.89. The van der Waals surface area contributed by atoms with Crippen molar-refractivity contribution in [1.82, 2.24) is 19.5 Å². The van der Waals surface area contributed by atoms with E-state index in [4.69, 9.17) is 16.9 Å². The van der Waals surface area contributed by atoms with Crippen LogP contribution in [0.4, 0.5) is 5.95 Å². The topological polar surface area (TPSA) is 232 Å². The molecule has 7 N–H and O–H groups in total. The summed E-state index contributed by atoms with van der Waals surface area (Å²) in [4.78, 5) is 40.8. The molecule has 15 nitrogen and oxygen atoms in total. The van der Waals surface area contributed by atoms with Crippen molar-refractivity contribution >= 4 is 32.5 Å². The quantitative estimate of drug-likeness (QED) is 0.197. The summed E-state index contributed by atoms with van der Waals surface area (Å²) < 4.78 is 38.7. The summed E-state index contributed by atoms with van der Waals surface area (Å²) in [5.74, 6) is 1.59. The van der Waals surface area contributed by atoms with E-state index in [0.29, 0.717) is 0 Å². The maximum Gasteiger partial charge on any atom is 0.479 e. The fraction of sp³-hybridized carbons (Fsp3) is 0.462. The number of nitrogens with two attached hydrogens (primary N) is 1. The highest BCUT2D eigenvalue weighted by Gasteiger charge is 2.46. The normalized spacial score (nSPS) is 28.1. The first kappa shape index (κ1) is 22.6. The number of aromatic amines is 1. The number of terminal acetylenes is 1. The van der Waals surface area contributed by atoms with Crippen LogP contribution in [0, 0.1) is 12.3 Å². The minimum Gasteiger partial charge on any atom is -0.387 e. The number of aliphatic hydroxyl groups is 2. The average molecular weight is 465 g/mol. The van der Waals surface area contributed by atoms with E-state index < -0.39 is 58.3 Å². The molecule has 1 fully saturated rings. The van der Waals surface area contributed by atoms with Gasteiger partial charge in [0, 0.05) is 0 Å². The lowest BCUT2D eigenvalue weighted by Gasteiger charge is -2.18. The van der Waals surface area contributed by atoms with Crippen molar-refractivity contribution < 1.29 is 42.7 Å². The van der Waals surface area contributed by atoms with Gasteiger partial charge in [0.1, 0.15) is 24.5 Å². The Morgan fingerprint density at radius 2 is 2.07 bits per heavy atom. The van der Waals surface area contributed by atoms with Crippen molar-refractivity contribution in [2.45, 2.75) is 24.5 Å². The zero-order valence-electron chi connectivity index (χ0n) is 14.9. The van der Waals surface area contributed by atoms with Crippen molar-refractivity contribution in [3.05, 3.63) is 16.7 Å². The molecule has 0 bridgehead atoms. The summed E-state index contributed by atoms with van der Waals surface area (Å²) >= 11 is 0. The van der Waals surface area contributed by atoms with Crippen molar-refractivity contribution in [3.63, 3.8) is 0 Å². The Labute approximate surface area is 167 Å². The first-order chi connectivity index (χ1) is 13.9. The lowest BCUT2D eigenvalue weighted by atomic mass is 10.1. The van der Waals surface area contributed by atoms with Gasteiger partial charge in [0.15, 0.2) is 17.4 Å². The Morgan fingerprint density at radius 1 is 1.37 bits per heavy atom. The molecule has 6 atom stereocenters. The van der Waals surface area contributed by atoms with Crippen molar-refractivity contribution in [1.29, 1.82) is 0 Å². The fourth-order valence-electron chi connectivity index (χ4n) is 2.72. The van der Waals surface area contributed by atoms with Gasteiger partial charge in [-0.2, -0.15) is 4.98 Å². The molecule has 0 saturated carbocycles. The molecule has 30 heavy (non-hydrogen) atoms. The van der Waals surface area contributed by atoms with E-state index in [2.05, 4.69) is 23.8 Å². The number of ether oxygens (including phenoxy) is 1. The van der Waals surface area contributed by atoms with Crippen LogP contribution in [0.25, 0.3) is 11.2 Å². The molecule has 17 heteroatoms. The lowest BCUT2D eigenvalue weighted by molar-refractivity contribution is -0.0501. The van der Waals surface area contributed by atoms with E-state index in [0.717, 1.165) is 10.9 Å². The van der Waals surface area contributed by atoms with Crippen LogP contribution in [0.2, 0.25) is 0 Å². The molecular weight excluding hydrogens is 448 g/mol. The second kappa shape index (κ2) is 8.20. The minimum absolute atomic E-state index is 0.0410. The molecule has 0 aliphatic carbocycles. The summed E-state index contributed by atoms with van der Waals surface area (Å²) in [6.45, 7) is -0.804. The number of phosphoric acid groups is 1. The maximum atomic E-state index is 11.9. The van der Waals surface area contributed by atoms with E-state index >= 15 is 0 Å². The lowest BCUT2D eigenvalue weighted by Crippen LogP contribution is -2.33. The van der Waals surface area contributed by atoms with Crippen molar-refractivity contribution in [2.75, 3.05) is 18.5 Å². The second-order valence-corrected chi connectivity index (χ2v) is 9.61. The van der Waals surface area contributed by atoms with Crippen LogP contribution < -0.4 is 11.3 Å². The summed E-state index contributed by atoms with van der Waals surface area (Å²) in [6.07, 6.45) is -0.706. The Bertz CT molecular complexity index is 1140. The molecule has 2 aromatic heterocycles. The molecule has 0 radical (unpaired) electrons. The van der Waals surface area contributed by atoms with Crippen LogP contribution >= 0.6 is 15.4 Å². The van der Waals surface area contributed by atoms with Gasteiger partial charge in [-0.3, -0.25) is 23.4 Å². The van der Waals surface area contributed by atoms with Gasteiger partial charge in [-0.15, -0.1) is 6.42 Å². The van der Waals surface area contributed by atoms with Crippen LogP contribution in [0.3, 0.4) is 0 Å². The van der Waals surface area contributed by atoms with Gasteiger partial charge in [-0.25, -0.2) is 13.9 Å². The predicted octanol–water partition coefficient (Wildman–Crippen LogP) is -1.73. The molecule has 1 aliphatic rings. The average Bonchev–Trinajstić information content (AvgIpc) is 3.14. The molecule has 3 rings (SSSR count). The Balaban J connectivity index is 1.75. The van der Waals surface area contributed by atoms with Crippen molar-refractivity contribution in [2.24, 2.45) is 0 Å². The zero-order valence-corrected chi connectivity index (χ0v) is 16.7. The van der Waals surface area contributed by atoms with Gasteiger partial charge in [-0.1, -0.05) is 5.92 Å². The number of nitrogen functional groups attached to an aromatic ring is 1. The van der Waals surface area contributed by atoms with Gasteiger partial charge in [0.2, 0.25) is 5.95 Å². The highest BCUT2D eigenvalue weighted by Crippen LogP contribution is 2.59. The van der Waals surface area contributed by atoms with Crippen LogP contribution in [-0.2, 0) is 22.7 Å². The van der Waals surface area contributed by atoms with Gasteiger partial charge < -0.3 is 30.5 Å². The number of rotatable bonds is 7. The molecule has 0 spiro atoms. The molecule has 0 aromatic carbocycles. The van der Waals surface area contributed by atoms with Gasteiger partial charge in [-0.05, 0) is 0 Å². The minimum atomic E-state index is -5.05. The Kier molecular flexibility index (Phi) is 6.17. The second-order valence-electron chi connectivity index (χ2n) is 6.17. The van der Waals surface area contributed by atoms with E-state index in [-0.39, 0.29) is 17.1 Å². The number of nitrogens with zero attached hydrogens (tertiary/aromatic N) is 3. The number of H-pyrrole nitrogens is 1. The number of nitrogens with one attached hydrogen (secondary N) is 1. The number of anilines is 1. The predicted molar refractivity (Wildman–Crippen MR) is 98.9 cm³/mol. The smallest absolute Gasteiger partial charge is 0.387 e. The van der Waals surface area contributed by atoms with Crippen LogP contribution in [-0.4, -0.2) is 70.6 Å². The monoisotopic (exact) mass is 465 g/mol. The maximum absolute atomic E-state index is 11.9. The Hall–Kier alpha value is -2.11. The van der Waals surface area contributed by atoms with E-state index in [1.54, 1.807) is 0 Å². The standard InChI is InChI=1S/C13H17N5O10P2/c1-2-3-29(22,23)28-30(24,25)26-4-6-8(19)9(20)12(27-6)18-5-15-7-10(18)16-13(14)17-11(7)21/h1,5-6,8-9,12,19-20H,3-4H2,(H,22,23)(H,24,25)(H3,14,16,17,21)/t6-,8?,9+,12-/m1/s1. The Morgan fingerprint density at radius 3 is 2.73 bits per heavy atom. The zero-order chi connectivity index (χ0) is 22.3.